The minimum Gasteiger partial charge on any atom is -0.505 e. The largest absolute Gasteiger partial charge is 0.505 e. The van der Waals surface area contributed by atoms with Gasteiger partial charge >= 0.3 is 6.18 Å². The van der Waals surface area contributed by atoms with E-state index in [9.17, 15) is 22.4 Å². The number of hydrogen-bond donors (Lipinski definition) is 2. The zero-order valence-electron chi connectivity index (χ0n) is 9.63. The van der Waals surface area contributed by atoms with E-state index in [0.29, 0.717) is 0 Å². The number of hydrogen-bond acceptors (Lipinski definition) is 3. The van der Waals surface area contributed by atoms with Crippen LogP contribution in [0.1, 0.15) is 6.42 Å². The van der Waals surface area contributed by atoms with Crippen LogP contribution in [0.5, 0.6) is 5.75 Å². The summed E-state index contributed by atoms with van der Waals surface area (Å²) in [7, 11) is 0. The molecule has 0 aliphatic heterocycles. The molecule has 0 atom stereocenters. The van der Waals surface area contributed by atoms with Crippen LogP contribution < -0.4 is 5.32 Å². The molecule has 4 nitrogen and oxygen atoms in total. The summed E-state index contributed by atoms with van der Waals surface area (Å²) in [4.78, 5) is 11.3. The van der Waals surface area contributed by atoms with Gasteiger partial charge in [0.2, 0.25) is 5.91 Å². The number of phenols is 1. The van der Waals surface area contributed by atoms with Gasteiger partial charge in [0.15, 0.2) is 11.6 Å². The minimum atomic E-state index is -4.43. The Morgan fingerprint density at radius 2 is 2.05 bits per heavy atom. The van der Waals surface area contributed by atoms with Gasteiger partial charge < -0.3 is 15.2 Å². The van der Waals surface area contributed by atoms with E-state index in [1.807, 2.05) is 0 Å². The van der Waals surface area contributed by atoms with E-state index in [2.05, 4.69) is 10.1 Å². The van der Waals surface area contributed by atoms with Crippen molar-refractivity contribution in [3.05, 3.63) is 24.0 Å². The van der Waals surface area contributed by atoms with Crippen LogP contribution in [0.3, 0.4) is 0 Å². The molecule has 1 amide bonds. The molecule has 0 saturated carbocycles. The zero-order chi connectivity index (χ0) is 14.5. The van der Waals surface area contributed by atoms with Crippen LogP contribution in [0.2, 0.25) is 0 Å². The maximum atomic E-state index is 12.9. The van der Waals surface area contributed by atoms with Crippen molar-refractivity contribution in [1.82, 2.24) is 0 Å². The number of nitrogens with one attached hydrogen (secondary N) is 1. The maximum Gasteiger partial charge on any atom is 0.411 e. The van der Waals surface area contributed by atoms with Crippen LogP contribution in [0.4, 0.5) is 23.2 Å². The third-order valence-corrected chi connectivity index (χ3v) is 1.97. The molecule has 2 N–H and O–H groups in total. The van der Waals surface area contributed by atoms with Crippen LogP contribution in [0.15, 0.2) is 18.2 Å². The normalized spacial score (nSPS) is 11.4. The molecule has 0 fully saturated rings. The van der Waals surface area contributed by atoms with Crippen molar-refractivity contribution in [3.8, 4) is 5.75 Å². The van der Waals surface area contributed by atoms with Crippen molar-refractivity contribution in [2.75, 3.05) is 18.5 Å². The molecule has 1 rings (SSSR count). The van der Waals surface area contributed by atoms with E-state index in [1.165, 1.54) is 6.07 Å². The van der Waals surface area contributed by atoms with Crippen molar-refractivity contribution >= 4 is 11.6 Å². The summed E-state index contributed by atoms with van der Waals surface area (Å²) < 4.78 is 52.3. The highest BCUT2D eigenvalue weighted by atomic mass is 19.4. The first-order chi connectivity index (χ1) is 8.78. The SMILES string of the molecule is O=C(CCOCC(F)(F)F)Nc1ccc(O)c(F)c1. The van der Waals surface area contributed by atoms with Crippen LogP contribution in [-0.4, -0.2) is 30.4 Å². The lowest BCUT2D eigenvalue weighted by molar-refractivity contribution is -0.174. The predicted octanol–water partition coefficient (Wildman–Crippen LogP) is 2.44. The smallest absolute Gasteiger partial charge is 0.411 e. The highest BCUT2D eigenvalue weighted by Gasteiger charge is 2.27. The van der Waals surface area contributed by atoms with Crippen molar-refractivity contribution in [3.63, 3.8) is 0 Å². The molecule has 1 aromatic rings. The van der Waals surface area contributed by atoms with Gasteiger partial charge in [0.05, 0.1) is 13.0 Å². The average Bonchev–Trinajstić information content (AvgIpc) is 2.28. The molecule has 0 spiro atoms. The molecule has 0 bridgehead atoms. The van der Waals surface area contributed by atoms with E-state index < -0.39 is 36.9 Å². The Morgan fingerprint density at radius 1 is 1.37 bits per heavy atom. The lowest BCUT2D eigenvalue weighted by Crippen LogP contribution is -2.20. The Labute approximate surface area is 106 Å². The van der Waals surface area contributed by atoms with E-state index in [4.69, 9.17) is 5.11 Å². The van der Waals surface area contributed by atoms with Crippen LogP contribution in [-0.2, 0) is 9.53 Å². The Bertz CT molecular complexity index is 448. The van der Waals surface area contributed by atoms with Crippen molar-refractivity contribution in [2.24, 2.45) is 0 Å². The Morgan fingerprint density at radius 3 is 2.63 bits per heavy atom. The summed E-state index contributed by atoms with van der Waals surface area (Å²) in [6, 6.07) is 3.20. The number of anilines is 1. The standard InChI is InChI=1S/C11H11F4NO3/c12-8-5-7(1-2-9(8)17)16-10(18)3-4-19-6-11(13,14)15/h1-2,5,17H,3-4,6H2,(H,16,18). The molecule has 0 aromatic heterocycles. The molecule has 19 heavy (non-hydrogen) atoms. The predicted molar refractivity (Wildman–Crippen MR) is 58.2 cm³/mol. The van der Waals surface area contributed by atoms with Gasteiger partial charge in [0.1, 0.15) is 6.61 Å². The van der Waals surface area contributed by atoms with Crippen molar-refractivity contribution < 1.29 is 32.2 Å². The lowest BCUT2D eigenvalue weighted by atomic mass is 10.3. The Balaban J connectivity index is 2.33. The first kappa shape index (κ1) is 15.2. The maximum absolute atomic E-state index is 12.9. The van der Waals surface area contributed by atoms with Crippen LogP contribution >= 0.6 is 0 Å². The molecular weight excluding hydrogens is 270 g/mol. The number of rotatable bonds is 5. The van der Waals surface area contributed by atoms with Gasteiger partial charge in [-0.3, -0.25) is 4.79 Å². The third-order valence-electron chi connectivity index (χ3n) is 1.97. The minimum absolute atomic E-state index is 0.0936. The number of carbonyl (C=O) groups excluding carboxylic acids is 1. The van der Waals surface area contributed by atoms with Gasteiger partial charge in [0, 0.05) is 11.8 Å². The van der Waals surface area contributed by atoms with Gasteiger partial charge in [-0.15, -0.1) is 0 Å². The van der Waals surface area contributed by atoms with Gasteiger partial charge in [-0.05, 0) is 12.1 Å². The van der Waals surface area contributed by atoms with E-state index in [-0.39, 0.29) is 12.1 Å². The fourth-order valence-corrected chi connectivity index (χ4v) is 1.16. The van der Waals surface area contributed by atoms with Crippen LogP contribution in [0.25, 0.3) is 0 Å². The number of alkyl halides is 3. The quantitative estimate of drug-likeness (QED) is 0.495. The molecule has 0 saturated heterocycles. The number of phenolic OH excluding ortho intramolecular Hbond substituents is 1. The van der Waals surface area contributed by atoms with Crippen molar-refractivity contribution in [1.29, 1.82) is 0 Å². The number of ether oxygens (including phenoxy) is 1. The molecule has 0 unspecified atom stereocenters. The first-order valence-electron chi connectivity index (χ1n) is 5.21. The fraction of sp³-hybridized carbons (Fsp3) is 0.364. The van der Waals surface area contributed by atoms with Gasteiger partial charge in [-0.1, -0.05) is 0 Å². The lowest BCUT2D eigenvalue weighted by Gasteiger charge is -2.08. The van der Waals surface area contributed by atoms with Gasteiger partial charge in [-0.2, -0.15) is 13.2 Å². The second-order valence-electron chi connectivity index (χ2n) is 3.63. The molecule has 1 aromatic carbocycles. The molecule has 0 aliphatic rings. The van der Waals surface area contributed by atoms with E-state index in [1.54, 1.807) is 0 Å². The van der Waals surface area contributed by atoms with E-state index in [0.717, 1.165) is 12.1 Å². The van der Waals surface area contributed by atoms with Crippen molar-refractivity contribution in [2.45, 2.75) is 12.6 Å². The monoisotopic (exact) mass is 281 g/mol. The van der Waals surface area contributed by atoms with Gasteiger partial charge in [-0.25, -0.2) is 4.39 Å². The topological polar surface area (TPSA) is 58.6 Å². The van der Waals surface area contributed by atoms with Gasteiger partial charge in [0.25, 0.3) is 0 Å². The molecular formula is C11H11F4NO3. The molecule has 0 aliphatic carbocycles. The summed E-state index contributed by atoms with van der Waals surface area (Å²) in [5.74, 6) is -2.09. The molecule has 0 heterocycles. The number of halogens is 4. The number of aromatic hydroxyl groups is 1. The molecule has 8 heteroatoms. The summed E-state index contributed by atoms with van der Waals surface area (Å²) in [5, 5.41) is 11.2. The summed E-state index contributed by atoms with van der Waals surface area (Å²) >= 11 is 0. The summed E-state index contributed by atoms with van der Waals surface area (Å²) in [6.07, 6.45) is -4.73. The van der Waals surface area contributed by atoms with E-state index >= 15 is 0 Å². The highest BCUT2D eigenvalue weighted by molar-refractivity contribution is 5.90. The average molecular weight is 281 g/mol. The number of carbonyl (C=O) groups is 1. The fourth-order valence-electron chi connectivity index (χ4n) is 1.16. The van der Waals surface area contributed by atoms with Crippen LogP contribution in [0, 0.1) is 5.82 Å². The number of benzene rings is 1. The highest BCUT2D eigenvalue weighted by Crippen LogP contribution is 2.19. The molecule has 0 radical (unpaired) electrons. The number of amides is 1. The Kier molecular flexibility index (Phi) is 5.11. The second kappa shape index (κ2) is 6.37. The first-order valence-corrected chi connectivity index (χ1v) is 5.21. The Hall–Kier alpha value is -1.83. The second-order valence-corrected chi connectivity index (χ2v) is 3.63. The summed E-state index contributed by atoms with van der Waals surface area (Å²) in [5.41, 5.74) is 0.0936. The molecule has 106 valence electrons. The summed E-state index contributed by atoms with van der Waals surface area (Å²) in [6.45, 7) is -1.82. The third kappa shape index (κ3) is 6.05. The zero-order valence-corrected chi connectivity index (χ0v) is 9.63.